The van der Waals surface area contributed by atoms with E-state index in [4.69, 9.17) is 4.74 Å². The molecule has 1 aliphatic heterocycles. The van der Waals surface area contributed by atoms with E-state index in [-0.39, 0.29) is 11.7 Å². The maximum atomic E-state index is 13.6. The highest BCUT2D eigenvalue weighted by molar-refractivity contribution is 6.12. The smallest absolute Gasteiger partial charge is 0.237 e. The van der Waals surface area contributed by atoms with Crippen LogP contribution in [-0.4, -0.2) is 54.5 Å². The fourth-order valence-electron chi connectivity index (χ4n) is 3.56. The summed E-state index contributed by atoms with van der Waals surface area (Å²) in [6.07, 6.45) is 3.15. The van der Waals surface area contributed by atoms with Gasteiger partial charge in [0.1, 0.15) is 17.5 Å². The Labute approximate surface area is 186 Å². The standard InChI is InChI=1S/C24H26FN5O2/c1-30(2)10-3-11-32-19-7-4-16(5-8-19)12-18-14-23(29-28-18)26-15-21-20-13-17(25)6-9-22(20)27-24(21)31/h4-9,13-15,21H,3,10-12H2,1-2H3,(H,27,31)(H,28,29). The number of benzene rings is 2. The lowest BCUT2D eigenvalue weighted by molar-refractivity contribution is -0.115. The van der Waals surface area contributed by atoms with E-state index in [0.29, 0.717) is 30.1 Å². The van der Waals surface area contributed by atoms with Gasteiger partial charge in [0.05, 0.1) is 6.61 Å². The first-order valence-electron chi connectivity index (χ1n) is 10.5. The van der Waals surface area contributed by atoms with E-state index in [1.54, 1.807) is 6.07 Å². The molecule has 0 spiro atoms. The molecule has 1 aliphatic rings. The van der Waals surface area contributed by atoms with Crippen molar-refractivity contribution in [3.63, 3.8) is 0 Å². The second-order valence-corrected chi connectivity index (χ2v) is 8.05. The van der Waals surface area contributed by atoms with Crippen LogP contribution in [0, 0.1) is 5.82 Å². The number of ether oxygens (including phenoxy) is 1. The summed E-state index contributed by atoms with van der Waals surface area (Å²) in [7, 11) is 4.10. The highest BCUT2D eigenvalue weighted by Crippen LogP contribution is 2.32. The minimum atomic E-state index is -0.633. The number of halogens is 1. The lowest BCUT2D eigenvalue weighted by Gasteiger charge is -2.10. The molecule has 32 heavy (non-hydrogen) atoms. The van der Waals surface area contributed by atoms with Gasteiger partial charge in [-0.2, -0.15) is 5.10 Å². The first-order chi connectivity index (χ1) is 15.5. The summed E-state index contributed by atoms with van der Waals surface area (Å²) in [4.78, 5) is 18.6. The minimum absolute atomic E-state index is 0.228. The van der Waals surface area contributed by atoms with Gasteiger partial charge < -0.3 is 15.0 Å². The van der Waals surface area contributed by atoms with Crippen molar-refractivity contribution in [2.45, 2.75) is 18.8 Å². The molecule has 0 saturated heterocycles. The van der Waals surface area contributed by atoms with Crippen LogP contribution >= 0.6 is 0 Å². The van der Waals surface area contributed by atoms with Crippen molar-refractivity contribution in [2.75, 3.05) is 32.6 Å². The topological polar surface area (TPSA) is 82.6 Å². The molecule has 3 aromatic rings. The van der Waals surface area contributed by atoms with Gasteiger partial charge in [-0.1, -0.05) is 12.1 Å². The Bertz CT molecular complexity index is 1110. The van der Waals surface area contributed by atoms with Crippen LogP contribution in [0.4, 0.5) is 15.9 Å². The first-order valence-corrected chi connectivity index (χ1v) is 10.5. The van der Waals surface area contributed by atoms with E-state index < -0.39 is 5.92 Å². The molecule has 1 unspecified atom stereocenters. The largest absolute Gasteiger partial charge is 0.494 e. The molecule has 4 rings (SSSR count). The van der Waals surface area contributed by atoms with E-state index in [0.717, 1.165) is 30.0 Å². The van der Waals surface area contributed by atoms with E-state index in [9.17, 15) is 9.18 Å². The number of aromatic nitrogens is 2. The molecule has 2 aromatic carbocycles. The number of rotatable bonds is 9. The Kier molecular flexibility index (Phi) is 6.61. The average molecular weight is 436 g/mol. The van der Waals surface area contributed by atoms with Gasteiger partial charge in [0, 0.05) is 36.6 Å². The SMILES string of the molecule is CN(C)CCCOc1ccc(Cc2cc(N=CC3C(=O)Nc4ccc(F)cc43)n[nH]2)cc1. The van der Waals surface area contributed by atoms with Crippen molar-refractivity contribution in [2.24, 2.45) is 4.99 Å². The van der Waals surface area contributed by atoms with Crippen molar-refractivity contribution in [3.05, 3.63) is 71.2 Å². The third-order valence-electron chi connectivity index (χ3n) is 5.20. The average Bonchev–Trinajstić information content (AvgIpc) is 3.33. The molecule has 0 fully saturated rings. The number of hydrogen-bond donors (Lipinski definition) is 2. The molecule has 0 aliphatic carbocycles. The molecule has 0 bridgehead atoms. The monoisotopic (exact) mass is 435 g/mol. The van der Waals surface area contributed by atoms with Gasteiger partial charge in [-0.3, -0.25) is 9.89 Å². The van der Waals surface area contributed by atoms with Gasteiger partial charge in [-0.05, 0) is 62.0 Å². The Balaban J connectivity index is 1.34. The maximum absolute atomic E-state index is 13.6. The quantitative estimate of drug-likeness (QED) is 0.394. The summed E-state index contributed by atoms with van der Waals surface area (Å²) in [5.41, 5.74) is 3.21. The predicted molar refractivity (Wildman–Crippen MR) is 122 cm³/mol. The van der Waals surface area contributed by atoms with Gasteiger partial charge in [-0.25, -0.2) is 9.38 Å². The summed E-state index contributed by atoms with van der Waals surface area (Å²) in [5, 5.41) is 9.91. The van der Waals surface area contributed by atoms with Crippen LogP contribution in [0.3, 0.4) is 0 Å². The molecule has 0 saturated carbocycles. The number of fused-ring (bicyclic) bond motifs is 1. The van der Waals surface area contributed by atoms with E-state index >= 15 is 0 Å². The van der Waals surface area contributed by atoms with Crippen molar-refractivity contribution < 1.29 is 13.9 Å². The number of hydrogen-bond acceptors (Lipinski definition) is 5. The molecule has 1 amide bonds. The number of amides is 1. The Morgan fingerprint density at radius 2 is 2.00 bits per heavy atom. The van der Waals surface area contributed by atoms with Crippen LogP contribution < -0.4 is 10.1 Å². The zero-order chi connectivity index (χ0) is 22.5. The second-order valence-electron chi connectivity index (χ2n) is 8.05. The summed E-state index contributed by atoms with van der Waals surface area (Å²) < 4.78 is 19.3. The Morgan fingerprint density at radius 1 is 1.19 bits per heavy atom. The van der Waals surface area contributed by atoms with Crippen LogP contribution in [0.5, 0.6) is 5.75 Å². The molecular weight excluding hydrogens is 409 g/mol. The van der Waals surface area contributed by atoms with Gasteiger partial charge in [0.15, 0.2) is 5.82 Å². The third-order valence-corrected chi connectivity index (χ3v) is 5.20. The number of nitrogens with one attached hydrogen (secondary N) is 2. The number of nitrogens with zero attached hydrogens (tertiary/aromatic N) is 3. The lowest BCUT2D eigenvalue weighted by atomic mass is 10.0. The Morgan fingerprint density at radius 3 is 2.78 bits per heavy atom. The van der Waals surface area contributed by atoms with Crippen LogP contribution in [0.25, 0.3) is 0 Å². The number of aliphatic imine (C=N–C) groups is 1. The lowest BCUT2D eigenvalue weighted by Crippen LogP contribution is -2.15. The molecule has 8 heteroatoms. The second kappa shape index (κ2) is 9.74. The fourth-order valence-corrected chi connectivity index (χ4v) is 3.56. The first kappa shape index (κ1) is 21.7. The molecule has 1 aromatic heterocycles. The van der Waals surface area contributed by atoms with Gasteiger partial charge in [0.2, 0.25) is 5.91 Å². The highest BCUT2D eigenvalue weighted by Gasteiger charge is 2.29. The molecule has 166 valence electrons. The molecule has 7 nitrogen and oxygen atoms in total. The predicted octanol–water partition coefficient (Wildman–Crippen LogP) is 3.91. The van der Waals surface area contributed by atoms with Crippen molar-refractivity contribution in [3.8, 4) is 5.75 Å². The van der Waals surface area contributed by atoms with Crippen molar-refractivity contribution in [1.29, 1.82) is 0 Å². The number of carbonyl (C=O) groups is 1. The normalized spacial score (nSPS) is 15.4. The van der Waals surface area contributed by atoms with Gasteiger partial charge >= 0.3 is 0 Å². The van der Waals surface area contributed by atoms with E-state index in [1.807, 2.05) is 44.4 Å². The van der Waals surface area contributed by atoms with Crippen LogP contribution in [0.2, 0.25) is 0 Å². The molecule has 0 radical (unpaired) electrons. The van der Waals surface area contributed by atoms with E-state index in [2.05, 4.69) is 25.4 Å². The van der Waals surface area contributed by atoms with Crippen LogP contribution in [0.15, 0.2) is 53.5 Å². The summed E-state index contributed by atoms with van der Waals surface area (Å²) >= 11 is 0. The minimum Gasteiger partial charge on any atom is -0.494 e. The fraction of sp³-hybridized carbons (Fsp3) is 0.292. The number of aromatic amines is 1. The van der Waals surface area contributed by atoms with Crippen LogP contribution in [-0.2, 0) is 11.2 Å². The van der Waals surface area contributed by atoms with E-state index in [1.165, 1.54) is 18.3 Å². The number of anilines is 1. The molecule has 1 atom stereocenters. The molecule has 2 N–H and O–H groups in total. The zero-order valence-electron chi connectivity index (χ0n) is 18.1. The summed E-state index contributed by atoms with van der Waals surface area (Å²) in [6, 6.07) is 14.1. The third kappa shape index (κ3) is 5.39. The van der Waals surface area contributed by atoms with Crippen LogP contribution in [0.1, 0.15) is 29.2 Å². The Hall–Kier alpha value is -3.52. The number of H-pyrrole nitrogens is 1. The summed E-state index contributed by atoms with van der Waals surface area (Å²) in [6.45, 7) is 1.69. The highest BCUT2D eigenvalue weighted by atomic mass is 19.1. The molecular formula is C24H26FN5O2. The van der Waals surface area contributed by atoms with Crippen molar-refractivity contribution >= 4 is 23.6 Å². The molecule has 2 heterocycles. The zero-order valence-corrected chi connectivity index (χ0v) is 18.1. The van der Waals surface area contributed by atoms with Crippen molar-refractivity contribution in [1.82, 2.24) is 15.1 Å². The number of carbonyl (C=O) groups excluding carboxylic acids is 1. The summed E-state index contributed by atoms with van der Waals surface area (Å²) in [5.74, 6) is 0.0819. The maximum Gasteiger partial charge on any atom is 0.237 e. The van der Waals surface area contributed by atoms with Gasteiger partial charge in [-0.15, -0.1) is 0 Å². The van der Waals surface area contributed by atoms with Gasteiger partial charge in [0.25, 0.3) is 0 Å².